The van der Waals surface area contributed by atoms with Crippen molar-refractivity contribution in [2.24, 2.45) is 0 Å². The van der Waals surface area contributed by atoms with Crippen molar-refractivity contribution in [3.05, 3.63) is 155 Å². The van der Waals surface area contributed by atoms with Gasteiger partial charge in [0.1, 0.15) is 11.1 Å². The molecule has 5 aromatic carbocycles. The fourth-order valence-corrected chi connectivity index (χ4v) is 8.86. The van der Waals surface area contributed by atoms with Gasteiger partial charge in [-0.15, -0.1) is 0 Å². The summed E-state index contributed by atoms with van der Waals surface area (Å²) in [6.07, 6.45) is 7.35. The molecule has 0 aliphatic carbocycles. The Bertz CT molecular complexity index is 3230. The van der Waals surface area contributed by atoms with E-state index >= 15 is 0 Å². The molecule has 0 atom stereocenters. The number of furan rings is 2. The SMILES string of the molecule is [B]=Cc1oc2c(-c3nc(C(/C=C(\C)c4ccc5c(c4)C(C)(C)c4cccc6c7oc8ccccc8c7n-5c46)=C/[B]C)c4ccccc4n3)cccc2c1/C=C\CC. The molecular formula is C50H39B2N3O2. The van der Waals surface area contributed by atoms with E-state index in [1.807, 2.05) is 43.2 Å². The first kappa shape index (κ1) is 35.0. The topological polar surface area (TPSA) is 57.0 Å². The molecule has 1 aliphatic heterocycles. The van der Waals surface area contributed by atoms with E-state index in [-0.39, 0.29) is 5.41 Å². The van der Waals surface area contributed by atoms with Crippen LogP contribution in [0.3, 0.4) is 0 Å². The van der Waals surface area contributed by atoms with E-state index in [4.69, 9.17) is 26.3 Å². The van der Waals surface area contributed by atoms with E-state index in [1.165, 1.54) is 28.3 Å². The van der Waals surface area contributed by atoms with Crippen molar-refractivity contribution in [1.82, 2.24) is 14.5 Å². The van der Waals surface area contributed by atoms with Gasteiger partial charge >= 0.3 is 196 Å². The summed E-state index contributed by atoms with van der Waals surface area (Å²) in [4.78, 5) is 10.4. The van der Waals surface area contributed by atoms with Crippen LogP contribution in [0.2, 0.25) is 6.82 Å². The van der Waals surface area contributed by atoms with Crippen LogP contribution in [0, 0.1) is 0 Å². The predicted molar refractivity (Wildman–Crippen MR) is 241 cm³/mol. The van der Waals surface area contributed by atoms with Gasteiger partial charge in [0.05, 0.1) is 11.2 Å². The normalized spacial score (nSPS) is 14.1. The minimum atomic E-state index is -0.249. The van der Waals surface area contributed by atoms with Crippen LogP contribution < -0.4 is 0 Å². The standard InChI is InChI=1S/C50H39B2N3O2/c1-6-7-14-32-33-17-12-19-37(47(33)57-43(32)27-51)49-53-40-21-10-8-15-34(40)44(54-49)31(28-52-5)25-29(2)30-23-24-41-39(26-30)50(3,4)38-20-13-18-36-45(38)55(41)46-35-16-9-11-22-42(35)56-48(36)46/h7-28H,6H2,1-5H3/b14-7-,29-25+,31-28+. The molecule has 0 amide bonds. The number of aromatic nitrogens is 3. The fraction of sp³-hybridized carbons (Fsp3) is 0.140. The number of para-hydroxylation sites is 4. The molecule has 4 aromatic heterocycles. The fourth-order valence-electron chi connectivity index (χ4n) is 8.86. The van der Waals surface area contributed by atoms with Crippen molar-refractivity contribution in [1.29, 1.82) is 0 Å². The summed E-state index contributed by atoms with van der Waals surface area (Å²) >= 11 is 0. The van der Waals surface area contributed by atoms with Gasteiger partial charge in [0.25, 0.3) is 0 Å². The van der Waals surface area contributed by atoms with Crippen LogP contribution in [0.1, 0.15) is 67.8 Å². The monoisotopic (exact) mass is 735 g/mol. The molecule has 0 saturated carbocycles. The maximum absolute atomic E-state index is 6.53. The van der Waals surface area contributed by atoms with Crippen LogP contribution in [0.15, 0.2) is 130 Å². The first-order valence-corrected chi connectivity index (χ1v) is 19.6. The molecule has 2 radical (unpaired) electrons. The molecule has 5 heterocycles. The summed E-state index contributed by atoms with van der Waals surface area (Å²) in [7, 11) is 8.13. The Labute approximate surface area is 333 Å². The van der Waals surface area contributed by atoms with Crippen molar-refractivity contribution in [3.8, 4) is 17.1 Å². The number of nitrogens with zero attached hydrogens (tertiary/aromatic N) is 3. The predicted octanol–water partition coefficient (Wildman–Crippen LogP) is 12.5. The minimum absolute atomic E-state index is 0.249. The van der Waals surface area contributed by atoms with Crippen LogP contribution in [-0.2, 0) is 5.41 Å². The molecule has 0 saturated heterocycles. The first-order valence-electron chi connectivity index (χ1n) is 19.6. The van der Waals surface area contributed by atoms with E-state index in [0.29, 0.717) is 17.2 Å². The molecule has 272 valence electrons. The van der Waals surface area contributed by atoms with Gasteiger partial charge < -0.3 is 8.98 Å². The molecule has 9 aromatic rings. The van der Waals surface area contributed by atoms with Crippen LogP contribution in [-0.4, -0.2) is 35.3 Å². The second kappa shape index (κ2) is 13.3. The summed E-state index contributed by atoms with van der Waals surface area (Å²) in [6, 6.07) is 36.2. The van der Waals surface area contributed by atoms with Crippen LogP contribution in [0.5, 0.6) is 0 Å². The van der Waals surface area contributed by atoms with E-state index in [0.717, 1.165) is 83.7 Å². The summed E-state index contributed by atoms with van der Waals surface area (Å²) in [5.41, 5.74) is 15.1. The zero-order valence-electron chi connectivity index (χ0n) is 32.7. The molecule has 0 bridgehead atoms. The Balaban J connectivity index is 1.13. The third-order valence-corrected chi connectivity index (χ3v) is 11.6. The average Bonchev–Trinajstić information content (AvgIpc) is 3.90. The molecule has 10 rings (SSSR count). The number of allylic oxidation sites excluding steroid dienone is 4. The van der Waals surface area contributed by atoms with Gasteiger partial charge in [0, 0.05) is 16.2 Å². The van der Waals surface area contributed by atoms with Crippen LogP contribution in [0.4, 0.5) is 0 Å². The first-order chi connectivity index (χ1) is 27.8. The van der Waals surface area contributed by atoms with E-state index in [9.17, 15) is 0 Å². The molecule has 0 unspecified atom stereocenters. The number of hydrogen-bond donors (Lipinski definition) is 0. The van der Waals surface area contributed by atoms with Gasteiger partial charge in [0.2, 0.25) is 0 Å². The second-order valence-corrected chi connectivity index (χ2v) is 15.4. The number of benzene rings is 5. The Morgan fingerprint density at radius 1 is 0.807 bits per heavy atom. The van der Waals surface area contributed by atoms with Gasteiger partial charge in [-0.05, 0) is 41.5 Å². The summed E-state index contributed by atoms with van der Waals surface area (Å²) in [5, 5.41) is 4.22. The second-order valence-electron chi connectivity index (χ2n) is 15.4. The summed E-state index contributed by atoms with van der Waals surface area (Å²) < 4.78 is 15.4. The number of rotatable bonds is 8. The molecule has 0 N–H and O–H groups in total. The van der Waals surface area contributed by atoms with Gasteiger partial charge in [-0.1, -0.05) is 44.2 Å². The summed E-state index contributed by atoms with van der Waals surface area (Å²) in [6.45, 7) is 11.0. The number of hydrogen-bond acceptors (Lipinski definition) is 4. The molecular weight excluding hydrogens is 696 g/mol. The quantitative estimate of drug-likeness (QED) is 0.115. The zero-order valence-corrected chi connectivity index (χ0v) is 32.7. The van der Waals surface area contributed by atoms with Crippen molar-refractivity contribution >= 4 is 92.8 Å². The van der Waals surface area contributed by atoms with Gasteiger partial charge in [0.15, 0.2) is 5.58 Å². The molecule has 57 heavy (non-hydrogen) atoms. The van der Waals surface area contributed by atoms with E-state index < -0.39 is 0 Å². The average molecular weight is 736 g/mol. The molecule has 0 fully saturated rings. The van der Waals surface area contributed by atoms with Crippen molar-refractivity contribution < 1.29 is 8.83 Å². The Morgan fingerprint density at radius 2 is 1.58 bits per heavy atom. The Kier molecular flexibility index (Phi) is 8.19. The van der Waals surface area contributed by atoms with E-state index in [1.54, 1.807) is 0 Å². The Morgan fingerprint density at radius 3 is 2.40 bits per heavy atom. The maximum atomic E-state index is 6.53. The molecule has 0 spiro atoms. The van der Waals surface area contributed by atoms with Gasteiger partial charge in [-0.3, -0.25) is 0 Å². The van der Waals surface area contributed by atoms with Crippen LogP contribution in [0.25, 0.3) is 89.1 Å². The van der Waals surface area contributed by atoms with Crippen molar-refractivity contribution in [3.63, 3.8) is 0 Å². The van der Waals surface area contributed by atoms with Crippen molar-refractivity contribution in [2.75, 3.05) is 0 Å². The van der Waals surface area contributed by atoms with Crippen LogP contribution >= 0.6 is 0 Å². The molecule has 1 aliphatic rings. The van der Waals surface area contributed by atoms with Gasteiger partial charge in [-0.2, -0.15) is 0 Å². The van der Waals surface area contributed by atoms with E-state index in [2.05, 4.69) is 130 Å². The molecule has 7 heteroatoms. The number of fused-ring (bicyclic) bond motifs is 9. The third kappa shape index (κ3) is 5.29. The summed E-state index contributed by atoms with van der Waals surface area (Å²) in [5.74, 6) is 4.89. The Hall–Kier alpha value is -6.46. The molecule has 5 nitrogen and oxygen atoms in total. The van der Waals surface area contributed by atoms with Gasteiger partial charge in [-0.25, -0.2) is 0 Å². The zero-order chi connectivity index (χ0) is 39.0. The van der Waals surface area contributed by atoms with Crippen molar-refractivity contribution in [2.45, 2.75) is 46.4 Å². The third-order valence-electron chi connectivity index (χ3n) is 11.6.